The van der Waals surface area contributed by atoms with Gasteiger partial charge in [0.2, 0.25) is 0 Å². The maximum Gasteiger partial charge on any atom is 0.336 e. The van der Waals surface area contributed by atoms with Crippen molar-refractivity contribution in [1.82, 2.24) is 4.98 Å². The van der Waals surface area contributed by atoms with Crippen LogP contribution in [0.2, 0.25) is 5.02 Å². The normalized spacial score (nSPS) is 12.1. The average molecular weight is 375 g/mol. The third-order valence-electron chi connectivity index (χ3n) is 2.57. The SMILES string of the molecule is O=C(O)c1cc(S(=O)Cc2ccncc2Cl)ccc1Br. The van der Waals surface area contributed by atoms with E-state index in [9.17, 15) is 9.00 Å². The van der Waals surface area contributed by atoms with E-state index >= 15 is 0 Å². The Kier molecular flexibility index (Phi) is 4.91. The highest BCUT2D eigenvalue weighted by Crippen LogP contribution is 2.23. The first-order valence-corrected chi connectivity index (χ1v) is 7.97. The molecule has 0 radical (unpaired) electrons. The van der Waals surface area contributed by atoms with Crippen molar-refractivity contribution in [3.63, 3.8) is 0 Å². The van der Waals surface area contributed by atoms with Gasteiger partial charge in [0.1, 0.15) is 0 Å². The van der Waals surface area contributed by atoms with E-state index in [1.807, 2.05) is 0 Å². The minimum atomic E-state index is -1.38. The number of carbonyl (C=O) groups is 1. The topological polar surface area (TPSA) is 67.3 Å². The van der Waals surface area contributed by atoms with Crippen LogP contribution in [0.5, 0.6) is 0 Å². The van der Waals surface area contributed by atoms with Gasteiger partial charge in [-0.25, -0.2) is 4.79 Å². The lowest BCUT2D eigenvalue weighted by Crippen LogP contribution is -2.02. The number of hydrogen-bond acceptors (Lipinski definition) is 3. The van der Waals surface area contributed by atoms with Crippen LogP contribution >= 0.6 is 27.5 Å². The lowest BCUT2D eigenvalue weighted by molar-refractivity contribution is 0.0695. The minimum Gasteiger partial charge on any atom is -0.478 e. The summed E-state index contributed by atoms with van der Waals surface area (Å²) in [6.45, 7) is 0. The van der Waals surface area contributed by atoms with Crippen LogP contribution < -0.4 is 0 Å². The minimum absolute atomic E-state index is 0.0803. The van der Waals surface area contributed by atoms with Crippen molar-refractivity contribution in [2.75, 3.05) is 0 Å². The maximum atomic E-state index is 12.3. The lowest BCUT2D eigenvalue weighted by Gasteiger charge is -2.06. The summed E-state index contributed by atoms with van der Waals surface area (Å²) in [4.78, 5) is 15.4. The zero-order chi connectivity index (χ0) is 14.7. The number of hydrogen-bond donors (Lipinski definition) is 1. The van der Waals surface area contributed by atoms with Crippen molar-refractivity contribution in [3.8, 4) is 0 Å². The molecule has 0 saturated heterocycles. The number of benzene rings is 1. The predicted octanol–water partition coefficient (Wildman–Crippen LogP) is 3.50. The van der Waals surface area contributed by atoms with E-state index in [1.54, 1.807) is 24.4 Å². The molecule has 2 aromatic rings. The number of aromatic nitrogens is 1. The Morgan fingerprint density at radius 3 is 2.80 bits per heavy atom. The van der Waals surface area contributed by atoms with Gasteiger partial charge in [0.25, 0.3) is 0 Å². The number of carboxylic acid groups (broad SMARTS) is 1. The van der Waals surface area contributed by atoms with E-state index in [4.69, 9.17) is 16.7 Å². The molecule has 1 N–H and O–H groups in total. The summed E-state index contributed by atoms with van der Waals surface area (Å²) in [6, 6.07) is 6.29. The Bertz CT molecular complexity index is 693. The Labute approximate surface area is 131 Å². The fourth-order valence-corrected chi connectivity index (χ4v) is 3.41. The second-order valence-corrected chi connectivity index (χ2v) is 6.62. The van der Waals surface area contributed by atoms with E-state index in [0.717, 1.165) is 0 Å². The van der Waals surface area contributed by atoms with Crippen LogP contribution in [-0.2, 0) is 16.6 Å². The summed E-state index contributed by atoms with van der Waals surface area (Å²) in [7, 11) is -1.38. The van der Waals surface area contributed by atoms with Gasteiger partial charge in [-0.1, -0.05) is 11.6 Å². The van der Waals surface area contributed by atoms with Gasteiger partial charge >= 0.3 is 5.97 Å². The first-order chi connectivity index (χ1) is 9.49. The number of rotatable bonds is 4. The first kappa shape index (κ1) is 15.2. The Hall–Kier alpha value is -1.24. The quantitative estimate of drug-likeness (QED) is 0.889. The van der Waals surface area contributed by atoms with Crippen LogP contribution in [0.15, 0.2) is 46.0 Å². The molecule has 104 valence electrons. The van der Waals surface area contributed by atoms with E-state index in [1.165, 1.54) is 12.3 Å². The molecule has 20 heavy (non-hydrogen) atoms. The molecule has 0 amide bonds. The van der Waals surface area contributed by atoms with Gasteiger partial charge in [-0.15, -0.1) is 0 Å². The molecular formula is C13H9BrClNO3S. The molecule has 7 heteroatoms. The summed E-state index contributed by atoms with van der Waals surface area (Å²) >= 11 is 9.11. The van der Waals surface area contributed by atoms with Gasteiger partial charge in [0, 0.05) is 21.8 Å². The fraction of sp³-hybridized carbons (Fsp3) is 0.0769. The largest absolute Gasteiger partial charge is 0.478 e. The average Bonchev–Trinajstić information content (AvgIpc) is 2.41. The molecule has 0 spiro atoms. The second kappa shape index (κ2) is 6.47. The van der Waals surface area contributed by atoms with Crippen molar-refractivity contribution in [3.05, 3.63) is 57.3 Å². The molecule has 0 fully saturated rings. The lowest BCUT2D eigenvalue weighted by atomic mass is 10.2. The number of aromatic carboxylic acids is 1. The van der Waals surface area contributed by atoms with Crippen molar-refractivity contribution in [2.45, 2.75) is 10.6 Å². The van der Waals surface area contributed by atoms with Gasteiger partial charge in [-0.05, 0) is 45.8 Å². The van der Waals surface area contributed by atoms with E-state index in [2.05, 4.69) is 20.9 Å². The van der Waals surface area contributed by atoms with Crippen molar-refractivity contribution < 1.29 is 14.1 Å². The third kappa shape index (κ3) is 3.45. The van der Waals surface area contributed by atoms with E-state index < -0.39 is 16.8 Å². The molecule has 1 atom stereocenters. The predicted molar refractivity (Wildman–Crippen MR) is 80.5 cm³/mol. The maximum absolute atomic E-state index is 12.3. The summed E-state index contributed by atoms with van der Waals surface area (Å²) in [5, 5.41) is 9.49. The molecule has 0 saturated carbocycles. The van der Waals surface area contributed by atoms with Crippen molar-refractivity contribution in [1.29, 1.82) is 0 Å². The third-order valence-corrected chi connectivity index (χ3v) is 4.96. The monoisotopic (exact) mass is 373 g/mol. The molecule has 0 aliphatic heterocycles. The highest BCUT2D eigenvalue weighted by Gasteiger charge is 2.13. The van der Waals surface area contributed by atoms with Gasteiger partial charge < -0.3 is 5.11 Å². The number of halogens is 2. The fourth-order valence-electron chi connectivity index (χ4n) is 1.56. The van der Waals surface area contributed by atoms with E-state index in [0.29, 0.717) is 20.0 Å². The number of carboxylic acids is 1. The van der Waals surface area contributed by atoms with E-state index in [-0.39, 0.29) is 11.3 Å². The summed E-state index contributed by atoms with van der Waals surface area (Å²) in [6.07, 6.45) is 3.06. The zero-order valence-electron chi connectivity index (χ0n) is 10.0. The molecule has 1 unspecified atom stereocenters. The van der Waals surface area contributed by atoms with Crippen LogP contribution in [0.3, 0.4) is 0 Å². The van der Waals surface area contributed by atoms with Crippen LogP contribution in [0.25, 0.3) is 0 Å². The molecule has 0 bridgehead atoms. The Balaban J connectivity index is 2.28. The number of nitrogens with zero attached hydrogens (tertiary/aromatic N) is 1. The molecule has 2 rings (SSSR count). The zero-order valence-corrected chi connectivity index (χ0v) is 13.2. The van der Waals surface area contributed by atoms with Gasteiger partial charge in [0.15, 0.2) is 0 Å². The summed E-state index contributed by atoms with van der Waals surface area (Å²) in [5.74, 6) is -0.861. The molecule has 1 heterocycles. The highest BCUT2D eigenvalue weighted by atomic mass is 79.9. The molecule has 0 aliphatic rings. The van der Waals surface area contributed by atoms with Gasteiger partial charge in [-0.2, -0.15) is 0 Å². The van der Waals surface area contributed by atoms with Crippen LogP contribution in [0.4, 0.5) is 0 Å². The number of pyridine rings is 1. The van der Waals surface area contributed by atoms with Crippen LogP contribution in [-0.4, -0.2) is 20.3 Å². The van der Waals surface area contributed by atoms with Gasteiger partial charge in [-0.3, -0.25) is 9.19 Å². The van der Waals surface area contributed by atoms with Crippen molar-refractivity contribution in [2.24, 2.45) is 0 Å². The molecule has 4 nitrogen and oxygen atoms in total. The Morgan fingerprint density at radius 1 is 1.40 bits per heavy atom. The standard InChI is InChI=1S/C13H9BrClNO3S/c14-11-2-1-9(5-10(11)13(17)18)20(19)7-8-3-4-16-6-12(8)15/h1-6H,7H2,(H,17,18). The van der Waals surface area contributed by atoms with Crippen molar-refractivity contribution >= 4 is 44.3 Å². The van der Waals surface area contributed by atoms with Crippen LogP contribution in [0, 0.1) is 0 Å². The molecule has 1 aromatic carbocycles. The smallest absolute Gasteiger partial charge is 0.336 e. The molecular weight excluding hydrogens is 366 g/mol. The Morgan fingerprint density at radius 2 is 2.15 bits per heavy atom. The van der Waals surface area contributed by atoms with Gasteiger partial charge in [0.05, 0.1) is 27.1 Å². The highest BCUT2D eigenvalue weighted by molar-refractivity contribution is 9.10. The van der Waals surface area contributed by atoms with Crippen LogP contribution in [0.1, 0.15) is 15.9 Å². The summed E-state index contributed by atoms with van der Waals surface area (Å²) in [5.41, 5.74) is 0.788. The first-order valence-electron chi connectivity index (χ1n) is 5.48. The summed E-state index contributed by atoms with van der Waals surface area (Å²) < 4.78 is 12.7. The molecule has 1 aromatic heterocycles. The second-order valence-electron chi connectivity index (χ2n) is 3.90. The molecule has 0 aliphatic carbocycles.